The van der Waals surface area contributed by atoms with E-state index < -0.39 is 0 Å². The van der Waals surface area contributed by atoms with Crippen LogP contribution in [0.1, 0.15) is 30.0 Å². The molecule has 0 aliphatic carbocycles. The zero-order valence-electron chi connectivity index (χ0n) is 10.2. The maximum atomic E-state index is 10.3. The van der Waals surface area contributed by atoms with Gasteiger partial charge in [-0.3, -0.25) is 0 Å². The number of aromatic hydroxyl groups is 1. The number of rotatable bonds is 3. The van der Waals surface area contributed by atoms with Gasteiger partial charge < -0.3 is 20.8 Å². The zero-order valence-corrected chi connectivity index (χ0v) is 10.2. The lowest BCUT2D eigenvalue weighted by molar-refractivity contribution is 0.275. The van der Waals surface area contributed by atoms with Crippen molar-refractivity contribution < 1.29 is 10.2 Å². The average molecular weight is 236 g/mol. The van der Waals surface area contributed by atoms with Gasteiger partial charge in [0.25, 0.3) is 0 Å². The second-order valence-electron chi connectivity index (χ2n) is 4.64. The maximum Gasteiger partial charge on any atom is 0.125 e. The molecule has 0 bridgehead atoms. The van der Waals surface area contributed by atoms with Crippen molar-refractivity contribution in [2.75, 3.05) is 25.1 Å². The van der Waals surface area contributed by atoms with Crippen LogP contribution in [0.25, 0.3) is 0 Å². The van der Waals surface area contributed by atoms with Crippen molar-refractivity contribution in [2.45, 2.75) is 25.3 Å². The molecule has 4 N–H and O–H groups in total. The second kappa shape index (κ2) is 4.94. The van der Waals surface area contributed by atoms with E-state index in [4.69, 9.17) is 10.8 Å². The van der Waals surface area contributed by atoms with Crippen LogP contribution in [-0.2, 0) is 6.42 Å². The highest BCUT2D eigenvalue weighted by molar-refractivity contribution is 5.63. The number of phenols is 1. The van der Waals surface area contributed by atoms with Gasteiger partial charge in [0.2, 0.25) is 0 Å². The fraction of sp³-hybridized carbons (Fsp3) is 0.538. The fourth-order valence-electron chi connectivity index (χ4n) is 2.46. The van der Waals surface area contributed by atoms with Gasteiger partial charge >= 0.3 is 0 Å². The summed E-state index contributed by atoms with van der Waals surface area (Å²) in [5.41, 5.74) is 8.77. The van der Waals surface area contributed by atoms with E-state index >= 15 is 0 Å². The first-order chi connectivity index (χ1) is 8.15. The van der Waals surface area contributed by atoms with Gasteiger partial charge in [-0.25, -0.2) is 0 Å². The number of aliphatic hydroxyl groups excluding tert-OH is 1. The van der Waals surface area contributed by atoms with Gasteiger partial charge in [-0.1, -0.05) is 6.07 Å². The van der Waals surface area contributed by atoms with Crippen LogP contribution in [0.3, 0.4) is 0 Å². The Morgan fingerprint density at radius 2 is 2.24 bits per heavy atom. The Morgan fingerprint density at radius 3 is 2.94 bits per heavy atom. The summed E-state index contributed by atoms with van der Waals surface area (Å²) in [6, 6.07) is 3.59. The summed E-state index contributed by atoms with van der Waals surface area (Å²) >= 11 is 0. The maximum absolute atomic E-state index is 10.3. The lowest BCUT2D eigenvalue weighted by atomic mass is 9.94. The molecular formula is C13H20N2O2. The Labute approximate surface area is 102 Å². The molecule has 1 atom stereocenters. The standard InChI is InChI=1S/C13H20N2O2/c1-15-7-2-3-10-12(15)5-4-9(13(10)17)11(14)6-8-16/h4-5,11,16-17H,2-3,6-8,14H2,1H3. The summed E-state index contributed by atoms with van der Waals surface area (Å²) in [7, 11) is 2.03. The fourth-order valence-corrected chi connectivity index (χ4v) is 2.46. The molecule has 0 saturated heterocycles. The van der Waals surface area contributed by atoms with E-state index in [1.54, 1.807) is 0 Å². The Balaban J connectivity index is 2.38. The molecule has 0 fully saturated rings. The van der Waals surface area contributed by atoms with Gasteiger partial charge in [0.15, 0.2) is 0 Å². The SMILES string of the molecule is CN1CCCc2c1ccc(C(N)CCO)c2O. The predicted octanol–water partition coefficient (Wildman–Crippen LogP) is 1.16. The summed E-state index contributed by atoms with van der Waals surface area (Å²) in [6.45, 7) is 1.06. The number of phenolic OH excluding ortho intramolecular Hbond substituents is 1. The number of fused-ring (bicyclic) bond motifs is 1. The normalized spacial score (nSPS) is 16.8. The number of nitrogens with two attached hydrogens (primary N) is 1. The Morgan fingerprint density at radius 1 is 1.47 bits per heavy atom. The monoisotopic (exact) mass is 236 g/mol. The van der Waals surface area contributed by atoms with Crippen molar-refractivity contribution in [2.24, 2.45) is 5.73 Å². The van der Waals surface area contributed by atoms with Crippen molar-refractivity contribution in [1.29, 1.82) is 0 Å². The van der Waals surface area contributed by atoms with Crippen LogP contribution >= 0.6 is 0 Å². The molecule has 0 saturated carbocycles. The summed E-state index contributed by atoms with van der Waals surface area (Å²) in [4.78, 5) is 2.15. The molecule has 0 spiro atoms. The summed E-state index contributed by atoms with van der Waals surface area (Å²) < 4.78 is 0. The topological polar surface area (TPSA) is 69.7 Å². The first-order valence-electron chi connectivity index (χ1n) is 6.07. The van der Waals surface area contributed by atoms with E-state index in [0.717, 1.165) is 36.2 Å². The lowest BCUT2D eigenvalue weighted by Crippen LogP contribution is -2.25. The van der Waals surface area contributed by atoms with Crippen molar-refractivity contribution in [1.82, 2.24) is 0 Å². The van der Waals surface area contributed by atoms with E-state index in [-0.39, 0.29) is 12.6 Å². The van der Waals surface area contributed by atoms with Crippen LogP contribution in [0.5, 0.6) is 5.75 Å². The molecule has 1 aliphatic rings. The highest BCUT2D eigenvalue weighted by Gasteiger charge is 2.21. The number of nitrogens with zero attached hydrogens (tertiary/aromatic N) is 1. The van der Waals surface area contributed by atoms with Crippen LogP contribution in [-0.4, -0.2) is 30.4 Å². The molecule has 94 valence electrons. The molecule has 4 heteroatoms. The molecule has 1 heterocycles. The average Bonchev–Trinajstić information content (AvgIpc) is 2.31. The third-order valence-corrected chi connectivity index (χ3v) is 3.46. The number of hydrogen-bond acceptors (Lipinski definition) is 4. The third kappa shape index (κ3) is 2.23. The smallest absolute Gasteiger partial charge is 0.125 e. The Kier molecular flexibility index (Phi) is 3.54. The van der Waals surface area contributed by atoms with Crippen LogP contribution in [0.15, 0.2) is 12.1 Å². The van der Waals surface area contributed by atoms with Gasteiger partial charge in [-0.15, -0.1) is 0 Å². The van der Waals surface area contributed by atoms with Gasteiger partial charge in [0.1, 0.15) is 5.75 Å². The quantitative estimate of drug-likeness (QED) is 0.736. The molecular weight excluding hydrogens is 216 g/mol. The van der Waals surface area contributed by atoms with Crippen molar-refractivity contribution in [3.63, 3.8) is 0 Å². The van der Waals surface area contributed by atoms with Crippen molar-refractivity contribution in [3.05, 3.63) is 23.3 Å². The van der Waals surface area contributed by atoms with Crippen LogP contribution in [0.4, 0.5) is 5.69 Å². The number of benzene rings is 1. The first-order valence-corrected chi connectivity index (χ1v) is 6.07. The second-order valence-corrected chi connectivity index (χ2v) is 4.64. The van der Waals surface area contributed by atoms with E-state index in [2.05, 4.69) is 4.90 Å². The Bertz CT molecular complexity index is 407. The molecule has 2 rings (SSSR count). The first kappa shape index (κ1) is 12.2. The molecule has 1 aromatic rings. The van der Waals surface area contributed by atoms with Crippen LogP contribution < -0.4 is 10.6 Å². The highest BCUT2D eigenvalue weighted by Crippen LogP contribution is 2.37. The minimum absolute atomic E-state index is 0.0393. The van der Waals surface area contributed by atoms with Crippen LogP contribution in [0, 0.1) is 0 Å². The molecule has 0 amide bonds. The van der Waals surface area contributed by atoms with Gasteiger partial charge in [-0.05, 0) is 25.3 Å². The minimum atomic E-state index is -0.294. The Hall–Kier alpha value is -1.26. The van der Waals surface area contributed by atoms with E-state index in [9.17, 15) is 5.11 Å². The molecule has 1 aliphatic heterocycles. The minimum Gasteiger partial charge on any atom is -0.507 e. The number of aliphatic hydroxyl groups is 1. The van der Waals surface area contributed by atoms with E-state index in [1.807, 2.05) is 19.2 Å². The lowest BCUT2D eigenvalue weighted by Gasteiger charge is -2.29. The molecule has 1 aromatic carbocycles. The largest absolute Gasteiger partial charge is 0.507 e. The summed E-state index contributed by atoms with van der Waals surface area (Å²) in [5, 5.41) is 19.2. The van der Waals surface area contributed by atoms with Gasteiger partial charge in [-0.2, -0.15) is 0 Å². The molecule has 1 unspecified atom stereocenters. The van der Waals surface area contributed by atoms with Crippen LogP contribution in [0.2, 0.25) is 0 Å². The van der Waals surface area contributed by atoms with Crippen molar-refractivity contribution >= 4 is 5.69 Å². The van der Waals surface area contributed by atoms with Gasteiger partial charge in [0.05, 0.1) is 0 Å². The molecule has 17 heavy (non-hydrogen) atoms. The van der Waals surface area contributed by atoms with Gasteiger partial charge in [0, 0.05) is 43.1 Å². The zero-order chi connectivity index (χ0) is 12.4. The summed E-state index contributed by atoms with van der Waals surface area (Å²) in [5.74, 6) is 0.315. The third-order valence-electron chi connectivity index (χ3n) is 3.46. The molecule has 0 radical (unpaired) electrons. The van der Waals surface area contributed by atoms with E-state index in [1.165, 1.54) is 0 Å². The van der Waals surface area contributed by atoms with E-state index in [0.29, 0.717) is 12.2 Å². The van der Waals surface area contributed by atoms with Crippen molar-refractivity contribution in [3.8, 4) is 5.75 Å². The summed E-state index contributed by atoms with van der Waals surface area (Å²) in [6.07, 6.45) is 2.42. The molecule has 0 aromatic heterocycles. The predicted molar refractivity (Wildman–Crippen MR) is 68.3 cm³/mol. The highest BCUT2D eigenvalue weighted by atomic mass is 16.3. The number of anilines is 1. The molecule has 4 nitrogen and oxygen atoms in total. The number of hydrogen-bond donors (Lipinski definition) is 3.